The molecule has 1 saturated carbocycles. The highest BCUT2D eigenvalue weighted by Crippen LogP contribution is 2.39. The zero-order valence-corrected chi connectivity index (χ0v) is 20.5. The summed E-state index contributed by atoms with van der Waals surface area (Å²) in [6.07, 6.45) is 6.77. The summed E-state index contributed by atoms with van der Waals surface area (Å²) < 4.78 is 39.0. The summed E-state index contributed by atoms with van der Waals surface area (Å²) >= 11 is 5.84. The Labute approximate surface area is 209 Å². The molecule has 186 valence electrons. The summed E-state index contributed by atoms with van der Waals surface area (Å²) in [7, 11) is 0. The summed E-state index contributed by atoms with van der Waals surface area (Å²) in [6, 6.07) is 2.38. The van der Waals surface area contributed by atoms with E-state index in [0.29, 0.717) is 36.9 Å². The molecule has 0 unspecified atom stereocenters. The molecule has 2 atom stereocenters. The van der Waals surface area contributed by atoms with E-state index in [2.05, 4.69) is 20.1 Å². The molecule has 0 bridgehead atoms. The summed E-state index contributed by atoms with van der Waals surface area (Å²) in [5, 5.41) is 4.34. The van der Waals surface area contributed by atoms with E-state index in [-0.39, 0.29) is 34.0 Å². The first-order chi connectivity index (χ1) is 17.3. The molecule has 2 aliphatic rings. The molecule has 4 aromatic rings. The van der Waals surface area contributed by atoms with Crippen molar-refractivity contribution in [2.45, 2.75) is 57.6 Å². The molecule has 1 aliphatic carbocycles. The SMILES string of the molecule is Cc1nc2nc([C@H]3CCO[C@@H](c4cnn(C5CC5)c4)C3)c(=O)n(-c3c(F)cc(Cl)cc3F)c2nc1C. The van der Waals surface area contributed by atoms with Crippen molar-refractivity contribution in [2.75, 3.05) is 6.61 Å². The van der Waals surface area contributed by atoms with Crippen LogP contribution in [-0.2, 0) is 4.74 Å². The average molecular weight is 513 g/mol. The van der Waals surface area contributed by atoms with Crippen molar-refractivity contribution in [3.8, 4) is 5.69 Å². The highest BCUT2D eigenvalue weighted by Gasteiger charge is 2.32. The minimum Gasteiger partial charge on any atom is -0.373 e. The van der Waals surface area contributed by atoms with Crippen LogP contribution in [0.4, 0.5) is 8.78 Å². The molecule has 36 heavy (non-hydrogen) atoms. The van der Waals surface area contributed by atoms with Crippen molar-refractivity contribution >= 4 is 22.9 Å². The lowest BCUT2D eigenvalue weighted by atomic mass is 9.90. The first kappa shape index (κ1) is 23.2. The van der Waals surface area contributed by atoms with Crippen LogP contribution in [0.15, 0.2) is 29.3 Å². The first-order valence-corrected chi connectivity index (χ1v) is 12.3. The average Bonchev–Trinajstić information content (AvgIpc) is 3.57. The van der Waals surface area contributed by atoms with Gasteiger partial charge in [0.05, 0.1) is 29.7 Å². The van der Waals surface area contributed by atoms with Crippen molar-refractivity contribution in [3.63, 3.8) is 0 Å². The van der Waals surface area contributed by atoms with Crippen molar-refractivity contribution in [2.24, 2.45) is 0 Å². The monoisotopic (exact) mass is 512 g/mol. The number of fused-ring (bicyclic) bond motifs is 1. The molecule has 0 spiro atoms. The van der Waals surface area contributed by atoms with Crippen LogP contribution >= 0.6 is 11.6 Å². The van der Waals surface area contributed by atoms with Crippen LogP contribution in [0.3, 0.4) is 0 Å². The zero-order valence-electron chi connectivity index (χ0n) is 19.7. The molecule has 6 rings (SSSR count). The maximum Gasteiger partial charge on any atom is 0.279 e. The van der Waals surface area contributed by atoms with Crippen molar-refractivity contribution in [1.29, 1.82) is 0 Å². The Hall–Kier alpha value is -3.24. The molecule has 1 saturated heterocycles. The quantitative estimate of drug-likeness (QED) is 0.387. The number of aryl methyl sites for hydroxylation is 2. The van der Waals surface area contributed by atoms with Gasteiger partial charge in [-0.15, -0.1) is 0 Å². The Morgan fingerprint density at radius 2 is 1.78 bits per heavy atom. The Kier molecular flexibility index (Phi) is 5.60. The summed E-state index contributed by atoms with van der Waals surface area (Å²) in [5.41, 5.74) is 1.20. The second-order valence-corrected chi connectivity index (χ2v) is 9.90. The number of nitrogens with zero attached hydrogens (tertiary/aromatic N) is 6. The molecular weight excluding hydrogens is 490 g/mol. The molecule has 0 radical (unpaired) electrons. The van der Waals surface area contributed by atoms with Crippen LogP contribution in [0.2, 0.25) is 5.02 Å². The van der Waals surface area contributed by atoms with Gasteiger partial charge < -0.3 is 4.74 Å². The van der Waals surface area contributed by atoms with Gasteiger partial charge in [-0.25, -0.2) is 23.7 Å². The Morgan fingerprint density at radius 3 is 2.50 bits per heavy atom. The minimum atomic E-state index is -0.974. The predicted octanol–water partition coefficient (Wildman–Crippen LogP) is 4.89. The van der Waals surface area contributed by atoms with Gasteiger partial charge in [0.2, 0.25) is 0 Å². The molecule has 3 aromatic heterocycles. The van der Waals surface area contributed by atoms with Crippen LogP contribution in [0.1, 0.15) is 66.4 Å². The Balaban J connectivity index is 1.49. The summed E-state index contributed by atoms with van der Waals surface area (Å²) in [4.78, 5) is 27.3. The van der Waals surface area contributed by atoms with E-state index >= 15 is 8.78 Å². The van der Waals surface area contributed by atoms with E-state index in [9.17, 15) is 4.79 Å². The third-order valence-corrected chi connectivity index (χ3v) is 7.14. The van der Waals surface area contributed by atoms with Crippen LogP contribution in [-0.4, -0.2) is 35.9 Å². The van der Waals surface area contributed by atoms with Crippen LogP contribution in [0, 0.1) is 25.5 Å². The van der Waals surface area contributed by atoms with E-state index in [1.807, 2.05) is 10.9 Å². The number of rotatable bonds is 4. The van der Waals surface area contributed by atoms with Gasteiger partial charge in [-0.3, -0.25) is 14.0 Å². The van der Waals surface area contributed by atoms with Crippen molar-refractivity contribution < 1.29 is 13.5 Å². The molecule has 1 aromatic carbocycles. The maximum atomic E-state index is 15.0. The van der Waals surface area contributed by atoms with Crippen LogP contribution in [0.25, 0.3) is 17.0 Å². The van der Waals surface area contributed by atoms with Gasteiger partial charge in [0.25, 0.3) is 5.56 Å². The lowest BCUT2D eigenvalue weighted by Gasteiger charge is -2.28. The number of hydrogen-bond donors (Lipinski definition) is 0. The standard InChI is InChI=1S/C25H23ClF2N6O2/c1-12-13(2)31-24-23(30-12)32-21(25(35)34(24)22-18(27)8-16(26)9-19(22)28)14-5-6-36-20(7-14)15-10-29-33(11-15)17-3-4-17/h8-11,14,17,20H,3-7H2,1-2H3/t14-,20+/m0/s1. The van der Waals surface area contributed by atoms with E-state index in [1.54, 1.807) is 20.0 Å². The molecule has 0 amide bonds. The molecule has 1 aliphatic heterocycles. The van der Waals surface area contributed by atoms with Crippen molar-refractivity contribution in [1.82, 2.24) is 29.3 Å². The van der Waals surface area contributed by atoms with Gasteiger partial charge in [0, 0.05) is 29.3 Å². The lowest BCUT2D eigenvalue weighted by molar-refractivity contribution is 0.00438. The number of aromatic nitrogens is 6. The molecule has 4 heterocycles. The summed E-state index contributed by atoms with van der Waals surface area (Å²) in [5.74, 6) is -2.26. The third kappa shape index (κ3) is 3.98. The van der Waals surface area contributed by atoms with E-state index in [1.165, 1.54) is 0 Å². The Bertz CT molecular complexity index is 1540. The molecule has 8 nitrogen and oxygen atoms in total. The van der Waals surface area contributed by atoms with Gasteiger partial charge in [-0.2, -0.15) is 5.10 Å². The zero-order chi connectivity index (χ0) is 25.1. The summed E-state index contributed by atoms with van der Waals surface area (Å²) in [6.45, 7) is 3.89. The fraction of sp³-hybridized carbons (Fsp3) is 0.400. The highest BCUT2D eigenvalue weighted by molar-refractivity contribution is 6.30. The third-order valence-electron chi connectivity index (χ3n) is 6.92. The minimum absolute atomic E-state index is 0.0127. The first-order valence-electron chi connectivity index (χ1n) is 11.9. The molecule has 11 heteroatoms. The van der Waals surface area contributed by atoms with Gasteiger partial charge in [0.1, 0.15) is 11.4 Å². The normalized spacial score (nSPS) is 20.2. The number of benzene rings is 1. The van der Waals surface area contributed by atoms with E-state index in [0.717, 1.165) is 35.1 Å². The maximum absolute atomic E-state index is 15.0. The fourth-order valence-corrected chi connectivity index (χ4v) is 4.93. The largest absolute Gasteiger partial charge is 0.373 e. The number of hydrogen-bond acceptors (Lipinski definition) is 6. The second kappa shape index (κ2) is 8.70. The molecule has 0 N–H and O–H groups in total. The van der Waals surface area contributed by atoms with E-state index < -0.39 is 22.9 Å². The predicted molar refractivity (Wildman–Crippen MR) is 128 cm³/mol. The van der Waals surface area contributed by atoms with Crippen molar-refractivity contribution in [3.05, 3.63) is 74.2 Å². The van der Waals surface area contributed by atoms with Gasteiger partial charge in [-0.1, -0.05) is 11.6 Å². The second-order valence-electron chi connectivity index (χ2n) is 9.46. The van der Waals surface area contributed by atoms with Crippen LogP contribution in [0.5, 0.6) is 0 Å². The Morgan fingerprint density at radius 1 is 1.06 bits per heavy atom. The molecular formula is C25H23ClF2N6O2. The lowest BCUT2D eigenvalue weighted by Crippen LogP contribution is -2.31. The van der Waals surface area contributed by atoms with Gasteiger partial charge in [0.15, 0.2) is 22.9 Å². The van der Waals surface area contributed by atoms with Gasteiger partial charge >= 0.3 is 0 Å². The van der Waals surface area contributed by atoms with Gasteiger partial charge in [-0.05, 0) is 51.7 Å². The number of halogens is 3. The molecule has 2 fully saturated rings. The fourth-order valence-electron chi connectivity index (χ4n) is 4.73. The van der Waals surface area contributed by atoms with E-state index in [4.69, 9.17) is 16.3 Å². The smallest absolute Gasteiger partial charge is 0.279 e. The topological polar surface area (TPSA) is 87.7 Å². The van der Waals surface area contributed by atoms with Crippen LogP contribution < -0.4 is 5.56 Å². The number of ether oxygens (including phenoxy) is 1. The highest BCUT2D eigenvalue weighted by atomic mass is 35.5.